The molecule has 2 aliphatic heterocycles. The van der Waals surface area contributed by atoms with Gasteiger partial charge in [0.05, 0.1) is 0 Å². The molecule has 3 aliphatic rings. The smallest absolute Gasteiger partial charge is 0.327 e. The summed E-state index contributed by atoms with van der Waals surface area (Å²) >= 11 is 0. The highest BCUT2D eigenvalue weighted by Crippen LogP contribution is 2.40. The van der Waals surface area contributed by atoms with Crippen molar-refractivity contribution < 1.29 is 38.0 Å². The fourth-order valence-corrected chi connectivity index (χ4v) is 2.43. The zero-order valence-electron chi connectivity index (χ0n) is 10.9. The van der Waals surface area contributed by atoms with Crippen LogP contribution in [0.15, 0.2) is 0 Å². The zero-order valence-corrected chi connectivity index (χ0v) is 10.9. The molecule has 0 aromatic carbocycles. The van der Waals surface area contributed by atoms with Crippen LogP contribution in [0, 0.1) is 5.41 Å². The first kappa shape index (κ1) is 13.7. The summed E-state index contributed by atoms with van der Waals surface area (Å²) < 4.78 is 29.5. The standard InChI is InChI=1S/C12H16O8/c13-8(19-10-15-6-16-10)12(4-2-1-3-5-12)9(14)20-11-17-7-18-11/h10-11H,1-7H2. The van der Waals surface area contributed by atoms with Crippen LogP contribution in [-0.4, -0.2) is 38.5 Å². The monoisotopic (exact) mass is 288 g/mol. The van der Waals surface area contributed by atoms with E-state index in [4.69, 9.17) is 28.4 Å². The molecule has 0 aromatic heterocycles. The molecule has 112 valence electrons. The summed E-state index contributed by atoms with van der Waals surface area (Å²) in [7, 11) is 0. The van der Waals surface area contributed by atoms with E-state index >= 15 is 0 Å². The van der Waals surface area contributed by atoms with Crippen LogP contribution in [0.25, 0.3) is 0 Å². The normalized spacial score (nSPS) is 26.2. The number of hydrogen-bond acceptors (Lipinski definition) is 8. The lowest BCUT2D eigenvalue weighted by Gasteiger charge is -2.36. The molecule has 2 saturated heterocycles. The predicted molar refractivity (Wildman–Crippen MR) is 59.4 cm³/mol. The van der Waals surface area contributed by atoms with Gasteiger partial charge in [-0.3, -0.25) is 28.5 Å². The third-order valence-corrected chi connectivity index (χ3v) is 3.71. The first-order chi connectivity index (χ1) is 9.71. The first-order valence-electron chi connectivity index (χ1n) is 6.59. The van der Waals surface area contributed by atoms with Crippen molar-refractivity contribution in [1.29, 1.82) is 0 Å². The van der Waals surface area contributed by atoms with Crippen LogP contribution in [0.2, 0.25) is 0 Å². The van der Waals surface area contributed by atoms with E-state index in [0.29, 0.717) is 12.8 Å². The van der Waals surface area contributed by atoms with E-state index in [1.807, 2.05) is 0 Å². The Morgan fingerprint density at radius 1 is 0.800 bits per heavy atom. The van der Waals surface area contributed by atoms with Gasteiger partial charge in [-0.15, -0.1) is 0 Å². The number of carbonyl (C=O) groups is 2. The van der Waals surface area contributed by atoms with Crippen molar-refractivity contribution >= 4 is 11.9 Å². The molecule has 0 unspecified atom stereocenters. The zero-order chi connectivity index (χ0) is 14.0. The van der Waals surface area contributed by atoms with Crippen molar-refractivity contribution in [1.82, 2.24) is 0 Å². The maximum absolute atomic E-state index is 12.3. The van der Waals surface area contributed by atoms with Crippen LogP contribution in [0.1, 0.15) is 32.1 Å². The molecule has 1 saturated carbocycles. The minimum atomic E-state index is -1.32. The molecule has 0 N–H and O–H groups in total. The van der Waals surface area contributed by atoms with E-state index in [0.717, 1.165) is 19.3 Å². The summed E-state index contributed by atoms with van der Waals surface area (Å²) in [6.45, 7) is -1.88. The molecular formula is C12H16O8. The summed E-state index contributed by atoms with van der Waals surface area (Å²) in [6.07, 6.45) is 3.23. The molecule has 0 spiro atoms. The fraction of sp³-hybridized carbons (Fsp3) is 0.833. The van der Waals surface area contributed by atoms with Gasteiger partial charge in [0.25, 0.3) is 0 Å². The summed E-state index contributed by atoms with van der Waals surface area (Å²) in [5, 5.41) is 0. The highest BCUT2D eigenvalue weighted by molar-refractivity contribution is 6.00. The minimum Gasteiger partial charge on any atom is -0.409 e. The van der Waals surface area contributed by atoms with Crippen LogP contribution in [-0.2, 0) is 38.0 Å². The molecular weight excluding hydrogens is 272 g/mol. The average Bonchev–Trinajstić information content (AvgIpc) is 2.38. The van der Waals surface area contributed by atoms with Gasteiger partial charge in [0.2, 0.25) is 0 Å². The molecule has 8 heteroatoms. The summed E-state index contributed by atoms with van der Waals surface area (Å²) in [6, 6.07) is 0. The first-order valence-corrected chi connectivity index (χ1v) is 6.59. The molecule has 3 rings (SSSR count). The predicted octanol–water partition coefficient (Wildman–Crippen LogP) is 0.599. The molecule has 3 fully saturated rings. The van der Waals surface area contributed by atoms with Crippen molar-refractivity contribution in [3.8, 4) is 0 Å². The highest BCUT2D eigenvalue weighted by atomic mass is 17.0. The van der Waals surface area contributed by atoms with Crippen LogP contribution in [0.5, 0.6) is 0 Å². The second kappa shape index (κ2) is 5.65. The van der Waals surface area contributed by atoms with Crippen molar-refractivity contribution in [3.05, 3.63) is 0 Å². The average molecular weight is 288 g/mol. The Labute approximate surface area is 115 Å². The van der Waals surface area contributed by atoms with Gasteiger partial charge in [-0.2, -0.15) is 0 Å². The Bertz CT molecular complexity index is 351. The van der Waals surface area contributed by atoms with Crippen molar-refractivity contribution in [3.63, 3.8) is 0 Å². The summed E-state index contributed by atoms with van der Waals surface area (Å²) in [5.74, 6) is -1.35. The van der Waals surface area contributed by atoms with E-state index < -0.39 is 30.3 Å². The van der Waals surface area contributed by atoms with Crippen LogP contribution < -0.4 is 0 Å². The van der Waals surface area contributed by atoms with Gasteiger partial charge in [0.15, 0.2) is 19.0 Å². The highest BCUT2D eigenvalue weighted by Gasteiger charge is 2.52. The molecule has 1 aliphatic carbocycles. The van der Waals surface area contributed by atoms with E-state index in [-0.39, 0.29) is 13.6 Å². The van der Waals surface area contributed by atoms with Crippen molar-refractivity contribution in [2.45, 2.75) is 45.1 Å². The second-order valence-corrected chi connectivity index (χ2v) is 4.93. The topological polar surface area (TPSA) is 89.5 Å². The number of carbonyl (C=O) groups excluding carboxylic acids is 2. The Morgan fingerprint density at radius 2 is 1.25 bits per heavy atom. The molecule has 0 radical (unpaired) electrons. The van der Waals surface area contributed by atoms with Crippen LogP contribution >= 0.6 is 0 Å². The molecule has 0 aromatic rings. The lowest BCUT2D eigenvalue weighted by molar-refractivity contribution is -0.412. The maximum Gasteiger partial charge on any atom is 0.327 e. The van der Waals surface area contributed by atoms with Crippen LogP contribution in [0.3, 0.4) is 0 Å². The number of ether oxygens (including phenoxy) is 6. The van der Waals surface area contributed by atoms with Crippen molar-refractivity contribution in [2.75, 3.05) is 13.6 Å². The van der Waals surface area contributed by atoms with Gasteiger partial charge >= 0.3 is 24.9 Å². The summed E-state index contributed by atoms with van der Waals surface area (Å²) in [5.41, 5.74) is -1.32. The number of rotatable bonds is 4. The number of hydrogen-bond donors (Lipinski definition) is 0. The van der Waals surface area contributed by atoms with Gasteiger partial charge in [-0.25, -0.2) is 0 Å². The van der Waals surface area contributed by atoms with Gasteiger partial charge in [0, 0.05) is 0 Å². The second-order valence-electron chi connectivity index (χ2n) is 4.93. The Kier molecular flexibility index (Phi) is 3.88. The lowest BCUT2D eigenvalue weighted by Crippen LogP contribution is -2.49. The number of esters is 2. The molecule has 0 amide bonds. The molecule has 8 nitrogen and oxygen atoms in total. The van der Waals surface area contributed by atoms with E-state index in [1.54, 1.807) is 0 Å². The van der Waals surface area contributed by atoms with Gasteiger partial charge < -0.3 is 9.47 Å². The van der Waals surface area contributed by atoms with Crippen LogP contribution in [0.4, 0.5) is 0 Å². The van der Waals surface area contributed by atoms with E-state index in [9.17, 15) is 9.59 Å². The molecule has 2 heterocycles. The van der Waals surface area contributed by atoms with Crippen molar-refractivity contribution in [2.24, 2.45) is 5.41 Å². The van der Waals surface area contributed by atoms with E-state index in [2.05, 4.69) is 0 Å². The SMILES string of the molecule is O=C(OC1OCO1)C1(C(=O)OC2OCO2)CCCCC1. The molecule has 0 atom stereocenters. The van der Waals surface area contributed by atoms with Gasteiger partial charge in [-0.05, 0) is 12.8 Å². The largest absolute Gasteiger partial charge is 0.409 e. The third kappa shape index (κ3) is 2.51. The minimum absolute atomic E-state index is 0.0825. The fourth-order valence-electron chi connectivity index (χ4n) is 2.43. The lowest BCUT2D eigenvalue weighted by atomic mass is 9.74. The Balaban J connectivity index is 1.68. The Morgan fingerprint density at radius 3 is 1.60 bits per heavy atom. The Hall–Kier alpha value is -1.22. The maximum atomic E-state index is 12.3. The quantitative estimate of drug-likeness (QED) is 0.548. The van der Waals surface area contributed by atoms with E-state index in [1.165, 1.54) is 0 Å². The summed E-state index contributed by atoms with van der Waals surface area (Å²) in [4.78, 5) is 24.6. The molecule has 0 bridgehead atoms. The van der Waals surface area contributed by atoms with Gasteiger partial charge in [0.1, 0.15) is 0 Å². The third-order valence-electron chi connectivity index (χ3n) is 3.71. The van der Waals surface area contributed by atoms with Gasteiger partial charge in [-0.1, -0.05) is 19.3 Å². The molecule has 20 heavy (non-hydrogen) atoms.